The molecule has 0 fully saturated rings. The number of ether oxygens (including phenoxy) is 3. The Morgan fingerprint density at radius 3 is 1.81 bits per heavy atom. The molecule has 0 heterocycles. The van der Waals surface area contributed by atoms with Gasteiger partial charge in [0.25, 0.3) is 0 Å². The Bertz CT molecular complexity index is 607. The van der Waals surface area contributed by atoms with Gasteiger partial charge in [0.1, 0.15) is 23.0 Å². The average Bonchev–Trinajstić information content (AvgIpc) is 2.54. The first-order valence-corrected chi connectivity index (χ1v) is 6.44. The molecular weight excluding hydrogens is 268 g/mol. The maximum atomic E-state index is 10.3. The van der Waals surface area contributed by atoms with Crippen LogP contribution in [0.2, 0.25) is 0 Å². The summed E-state index contributed by atoms with van der Waals surface area (Å²) in [5.74, 6) is 2.16. The molecule has 2 rings (SSSR count). The summed E-state index contributed by atoms with van der Waals surface area (Å²) in [5.41, 5.74) is 1.50. The van der Waals surface area contributed by atoms with Gasteiger partial charge in [-0.2, -0.15) is 0 Å². The SMILES string of the molecule is COc1ccc(/C=C(\O)c2cc(OC)cc(OC)c2)cc1. The van der Waals surface area contributed by atoms with E-state index >= 15 is 0 Å². The minimum Gasteiger partial charge on any atom is -0.507 e. The molecule has 0 bridgehead atoms. The van der Waals surface area contributed by atoms with Gasteiger partial charge >= 0.3 is 0 Å². The second-order valence-corrected chi connectivity index (χ2v) is 4.40. The van der Waals surface area contributed by atoms with Gasteiger partial charge in [-0.1, -0.05) is 12.1 Å². The minimum atomic E-state index is 0.136. The van der Waals surface area contributed by atoms with Crippen LogP contribution in [0.25, 0.3) is 11.8 Å². The summed E-state index contributed by atoms with van der Waals surface area (Å²) in [6.45, 7) is 0. The van der Waals surface area contributed by atoms with Crippen LogP contribution in [0.15, 0.2) is 42.5 Å². The van der Waals surface area contributed by atoms with Gasteiger partial charge < -0.3 is 19.3 Å². The van der Waals surface area contributed by atoms with Crippen LogP contribution in [0.3, 0.4) is 0 Å². The molecule has 0 unspecified atom stereocenters. The van der Waals surface area contributed by atoms with E-state index in [4.69, 9.17) is 14.2 Å². The van der Waals surface area contributed by atoms with Gasteiger partial charge in [-0.3, -0.25) is 0 Å². The van der Waals surface area contributed by atoms with Crippen molar-refractivity contribution in [2.45, 2.75) is 0 Å². The summed E-state index contributed by atoms with van der Waals surface area (Å²) in [6, 6.07) is 12.7. The summed E-state index contributed by atoms with van der Waals surface area (Å²) < 4.78 is 15.5. The molecule has 0 amide bonds. The van der Waals surface area contributed by atoms with Crippen molar-refractivity contribution in [1.29, 1.82) is 0 Å². The third-order valence-electron chi connectivity index (χ3n) is 3.07. The lowest BCUT2D eigenvalue weighted by atomic mass is 10.1. The number of aliphatic hydroxyl groups excluding tert-OH is 1. The molecule has 0 aliphatic rings. The summed E-state index contributed by atoms with van der Waals surface area (Å²) >= 11 is 0. The molecule has 4 nitrogen and oxygen atoms in total. The van der Waals surface area contributed by atoms with Crippen molar-refractivity contribution < 1.29 is 19.3 Å². The Kier molecular flexibility index (Phi) is 4.72. The third-order valence-corrected chi connectivity index (χ3v) is 3.07. The molecule has 2 aromatic rings. The highest BCUT2D eigenvalue weighted by molar-refractivity contribution is 5.77. The Labute approximate surface area is 124 Å². The van der Waals surface area contributed by atoms with Crippen LogP contribution in [-0.2, 0) is 0 Å². The summed E-state index contributed by atoms with van der Waals surface area (Å²) in [6.07, 6.45) is 1.67. The molecule has 1 N–H and O–H groups in total. The fourth-order valence-corrected chi connectivity index (χ4v) is 1.90. The number of benzene rings is 2. The van der Waals surface area contributed by atoms with Gasteiger partial charge in [0.2, 0.25) is 0 Å². The van der Waals surface area contributed by atoms with Gasteiger partial charge in [-0.15, -0.1) is 0 Å². The van der Waals surface area contributed by atoms with Crippen molar-refractivity contribution in [3.63, 3.8) is 0 Å². The zero-order valence-electron chi connectivity index (χ0n) is 12.3. The van der Waals surface area contributed by atoms with Crippen LogP contribution in [0, 0.1) is 0 Å². The lowest BCUT2D eigenvalue weighted by Gasteiger charge is -2.08. The van der Waals surface area contributed by atoms with Gasteiger partial charge in [0.15, 0.2) is 0 Å². The van der Waals surface area contributed by atoms with Crippen LogP contribution in [0.5, 0.6) is 17.2 Å². The summed E-state index contributed by atoms with van der Waals surface area (Å²) in [5, 5.41) is 10.3. The predicted molar refractivity (Wildman–Crippen MR) is 83.0 cm³/mol. The average molecular weight is 286 g/mol. The molecule has 4 heteroatoms. The molecule has 0 aliphatic carbocycles. The van der Waals surface area contributed by atoms with Crippen molar-refractivity contribution in [2.75, 3.05) is 21.3 Å². The van der Waals surface area contributed by atoms with Crippen LogP contribution in [0.1, 0.15) is 11.1 Å². The normalized spacial score (nSPS) is 11.1. The van der Waals surface area contributed by atoms with Crippen LogP contribution < -0.4 is 14.2 Å². The van der Waals surface area contributed by atoms with Crippen molar-refractivity contribution in [2.24, 2.45) is 0 Å². The number of rotatable bonds is 5. The first kappa shape index (κ1) is 14.8. The maximum Gasteiger partial charge on any atom is 0.123 e. The third kappa shape index (κ3) is 3.69. The quantitative estimate of drug-likeness (QED) is 0.671. The monoisotopic (exact) mass is 286 g/mol. The van der Waals surface area contributed by atoms with Crippen molar-refractivity contribution in [1.82, 2.24) is 0 Å². The summed E-state index contributed by atoms with van der Waals surface area (Å²) in [7, 11) is 4.76. The zero-order chi connectivity index (χ0) is 15.2. The predicted octanol–water partition coefficient (Wildman–Crippen LogP) is 3.77. The van der Waals surface area contributed by atoms with E-state index in [1.807, 2.05) is 24.3 Å². The second-order valence-electron chi connectivity index (χ2n) is 4.40. The maximum absolute atomic E-state index is 10.3. The largest absolute Gasteiger partial charge is 0.507 e. The van der Waals surface area contributed by atoms with E-state index in [2.05, 4.69) is 0 Å². The molecule has 0 spiro atoms. The molecule has 110 valence electrons. The molecule has 0 radical (unpaired) electrons. The Balaban J connectivity index is 2.33. The summed E-state index contributed by atoms with van der Waals surface area (Å²) in [4.78, 5) is 0. The number of methoxy groups -OCH3 is 3. The van der Waals surface area contributed by atoms with Crippen LogP contribution in [-0.4, -0.2) is 26.4 Å². The molecule has 0 saturated carbocycles. The topological polar surface area (TPSA) is 47.9 Å². The van der Waals surface area contributed by atoms with Crippen molar-refractivity contribution in [3.8, 4) is 17.2 Å². The van der Waals surface area contributed by atoms with Crippen molar-refractivity contribution >= 4 is 11.8 Å². The van der Waals surface area contributed by atoms with E-state index in [-0.39, 0.29) is 5.76 Å². The highest BCUT2D eigenvalue weighted by Gasteiger charge is 2.06. The van der Waals surface area contributed by atoms with Crippen LogP contribution >= 0.6 is 0 Å². The first-order valence-electron chi connectivity index (χ1n) is 6.44. The Morgan fingerprint density at radius 1 is 0.810 bits per heavy atom. The Hall–Kier alpha value is -2.62. The van der Waals surface area contributed by atoms with Gasteiger partial charge in [-0.05, 0) is 35.9 Å². The number of hydrogen-bond donors (Lipinski definition) is 1. The van der Waals surface area contributed by atoms with E-state index in [1.165, 1.54) is 0 Å². The van der Waals surface area contributed by atoms with Gasteiger partial charge in [0.05, 0.1) is 21.3 Å². The lowest BCUT2D eigenvalue weighted by Crippen LogP contribution is -1.91. The Morgan fingerprint density at radius 2 is 1.33 bits per heavy atom. The highest BCUT2D eigenvalue weighted by atomic mass is 16.5. The van der Waals surface area contributed by atoms with Crippen molar-refractivity contribution in [3.05, 3.63) is 53.6 Å². The standard InChI is InChI=1S/C17H18O4/c1-19-14-6-4-12(5-7-14)8-17(18)13-9-15(20-2)11-16(10-13)21-3/h4-11,18H,1-3H3/b17-8-. The van der Waals surface area contributed by atoms with Crippen LogP contribution in [0.4, 0.5) is 0 Å². The number of hydrogen-bond acceptors (Lipinski definition) is 4. The van der Waals surface area contributed by atoms with E-state index in [0.717, 1.165) is 11.3 Å². The molecule has 0 aliphatic heterocycles. The first-order chi connectivity index (χ1) is 10.2. The van der Waals surface area contributed by atoms with E-state index in [1.54, 1.807) is 45.6 Å². The molecular formula is C17H18O4. The van der Waals surface area contributed by atoms with Gasteiger partial charge in [-0.25, -0.2) is 0 Å². The fourth-order valence-electron chi connectivity index (χ4n) is 1.90. The minimum absolute atomic E-state index is 0.136. The van der Waals surface area contributed by atoms with E-state index < -0.39 is 0 Å². The number of aliphatic hydroxyl groups is 1. The molecule has 0 saturated heterocycles. The zero-order valence-corrected chi connectivity index (χ0v) is 12.3. The van der Waals surface area contributed by atoms with E-state index in [0.29, 0.717) is 17.1 Å². The van der Waals surface area contributed by atoms with Gasteiger partial charge in [0, 0.05) is 11.6 Å². The highest BCUT2D eigenvalue weighted by Crippen LogP contribution is 2.27. The lowest BCUT2D eigenvalue weighted by molar-refractivity contribution is 0.393. The smallest absolute Gasteiger partial charge is 0.123 e. The molecule has 0 aromatic heterocycles. The van der Waals surface area contributed by atoms with E-state index in [9.17, 15) is 5.11 Å². The molecule has 2 aromatic carbocycles. The fraction of sp³-hybridized carbons (Fsp3) is 0.176. The molecule has 0 atom stereocenters. The second kappa shape index (κ2) is 6.70. The molecule has 21 heavy (non-hydrogen) atoms.